The van der Waals surface area contributed by atoms with Crippen molar-refractivity contribution in [2.75, 3.05) is 18.4 Å². The predicted molar refractivity (Wildman–Crippen MR) is 88.4 cm³/mol. The zero-order chi connectivity index (χ0) is 17.5. The minimum atomic E-state index is -0.580. The number of ketones is 1. The van der Waals surface area contributed by atoms with Gasteiger partial charge in [-0.1, -0.05) is 12.1 Å². The number of Topliss-reactive ketones (excluding diaryl/α,β-unsaturated/α-hetero) is 1. The van der Waals surface area contributed by atoms with Crippen molar-refractivity contribution in [2.24, 2.45) is 0 Å². The number of rotatable bonds is 6. The molecule has 0 bridgehead atoms. The fraction of sp³-hybridized carbons (Fsp3) is 0.167. The van der Waals surface area contributed by atoms with Gasteiger partial charge < -0.3 is 10.6 Å². The number of carbonyl (C=O) groups excluding carboxylic acids is 2. The number of anilines is 1. The van der Waals surface area contributed by atoms with E-state index in [0.29, 0.717) is 23.4 Å². The Morgan fingerprint density at radius 1 is 1.12 bits per heavy atom. The lowest BCUT2D eigenvalue weighted by molar-refractivity contribution is 0.0950. The maximum absolute atomic E-state index is 13.5. The van der Waals surface area contributed by atoms with E-state index in [4.69, 9.17) is 5.26 Å². The molecule has 1 amide bonds. The highest BCUT2D eigenvalue weighted by Gasteiger charge is 2.11. The molecule has 6 heteroatoms. The van der Waals surface area contributed by atoms with Crippen LogP contribution in [-0.2, 0) is 0 Å². The first-order chi connectivity index (χ1) is 11.5. The smallest absolute Gasteiger partial charge is 0.254 e. The van der Waals surface area contributed by atoms with E-state index in [9.17, 15) is 14.0 Å². The Kier molecular flexibility index (Phi) is 5.63. The first kappa shape index (κ1) is 17.2. The van der Waals surface area contributed by atoms with Gasteiger partial charge in [-0.05, 0) is 37.3 Å². The van der Waals surface area contributed by atoms with Crippen molar-refractivity contribution >= 4 is 17.4 Å². The highest BCUT2D eigenvalue weighted by molar-refractivity contribution is 5.99. The molecule has 0 heterocycles. The average molecular weight is 325 g/mol. The second-order valence-electron chi connectivity index (χ2n) is 5.09. The summed E-state index contributed by atoms with van der Waals surface area (Å²) in [6.07, 6.45) is 0. The number of benzene rings is 2. The van der Waals surface area contributed by atoms with E-state index in [2.05, 4.69) is 10.6 Å². The molecule has 0 fully saturated rings. The molecular formula is C18H16FN3O2. The molecule has 0 unspecified atom stereocenters. The van der Waals surface area contributed by atoms with Crippen LogP contribution in [0.25, 0.3) is 0 Å². The fourth-order valence-electron chi connectivity index (χ4n) is 2.18. The zero-order valence-electron chi connectivity index (χ0n) is 13.1. The largest absolute Gasteiger partial charge is 0.383 e. The monoisotopic (exact) mass is 325 g/mol. The van der Waals surface area contributed by atoms with Gasteiger partial charge in [0.25, 0.3) is 5.91 Å². The molecule has 0 aromatic heterocycles. The first-order valence-electron chi connectivity index (χ1n) is 7.34. The lowest BCUT2D eigenvalue weighted by Gasteiger charge is -2.11. The molecule has 2 N–H and O–H groups in total. The zero-order valence-corrected chi connectivity index (χ0v) is 13.1. The molecular weight excluding hydrogens is 309 g/mol. The van der Waals surface area contributed by atoms with Crippen molar-refractivity contribution in [1.29, 1.82) is 5.26 Å². The summed E-state index contributed by atoms with van der Waals surface area (Å²) in [5.41, 5.74) is 1.41. The third-order valence-corrected chi connectivity index (χ3v) is 3.37. The number of nitriles is 1. The topological polar surface area (TPSA) is 82.0 Å². The third-order valence-electron chi connectivity index (χ3n) is 3.37. The number of halogens is 1. The van der Waals surface area contributed by atoms with E-state index in [-0.39, 0.29) is 17.9 Å². The molecule has 0 aliphatic carbocycles. The van der Waals surface area contributed by atoms with Crippen LogP contribution in [0.5, 0.6) is 0 Å². The molecule has 2 aromatic rings. The molecule has 0 saturated heterocycles. The molecule has 2 rings (SSSR count). The number of carbonyl (C=O) groups is 2. The number of nitrogens with zero attached hydrogens (tertiary/aromatic N) is 1. The van der Waals surface area contributed by atoms with Crippen molar-refractivity contribution < 1.29 is 14.0 Å². The molecule has 0 radical (unpaired) electrons. The van der Waals surface area contributed by atoms with E-state index in [1.807, 2.05) is 6.07 Å². The second kappa shape index (κ2) is 7.88. The van der Waals surface area contributed by atoms with Crippen LogP contribution in [0.3, 0.4) is 0 Å². The van der Waals surface area contributed by atoms with E-state index in [1.165, 1.54) is 25.1 Å². The van der Waals surface area contributed by atoms with Gasteiger partial charge in [0.15, 0.2) is 5.78 Å². The summed E-state index contributed by atoms with van der Waals surface area (Å²) in [6, 6.07) is 12.5. The summed E-state index contributed by atoms with van der Waals surface area (Å²) < 4.78 is 13.5. The van der Waals surface area contributed by atoms with Crippen LogP contribution in [0, 0.1) is 17.1 Å². The van der Waals surface area contributed by atoms with Gasteiger partial charge in [-0.25, -0.2) is 4.39 Å². The summed E-state index contributed by atoms with van der Waals surface area (Å²) in [6.45, 7) is 2.00. The Bertz CT molecular complexity index is 812. The van der Waals surface area contributed by atoms with Crippen LogP contribution < -0.4 is 10.6 Å². The average Bonchev–Trinajstić information content (AvgIpc) is 2.58. The summed E-state index contributed by atoms with van der Waals surface area (Å²) in [5.74, 6) is -1.21. The van der Waals surface area contributed by atoms with Gasteiger partial charge in [-0.15, -0.1) is 0 Å². The SMILES string of the molecule is CC(=O)c1ccc(C#N)cc1NCCNC(=O)c1ccccc1F. The standard InChI is InChI=1S/C18H16FN3O2/c1-12(23)14-7-6-13(11-20)10-17(14)21-8-9-22-18(24)15-4-2-3-5-16(15)19/h2-7,10,21H,8-9H2,1H3,(H,22,24). The lowest BCUT2D eigenvalue weighted by atomic mass is 10.1. The Morgan fingerprint density at radius 3 is 2.54 bits per heavy atom. The van der Waals surface area contributed by atoms with Gasteiger partial charge in [0.1, 0.15) is 5.82 Å². The van der Waals surface area contributed by atoms with Crippen LogP contribution in [0.1, 0.15) is 33.2 Å². The number of hydrogen-bond acceptors (Lipinski definition) is 4. The van der Waals surface area contributed by atoms with Crippen LogP contribution in [0.15, 0.2) is 42.5 Å². The summed E-state index contributed by atoms with van der Waals surface area (Å²) in [7, 11) is 0. The maximum Gasteiger partial charge on any atom is 0.254 e. The van der Waals surface area contributed by atoms with Crippen LogP contribution in [0.2, 0.25) is 0 Å². The van der Waals surface area contributed by atoms with E-state index < -0.39 is 11.7 Å². The normalized spacial score (nSPS) is 9.88. The molecule has 0 atom stereocenters. The van der Waals surface area contributed by atoms with E-state index >= 15 is 0 Å². The second-order valence-corrected chi connectivity index (χ2v) is 5.09. The Hall–Kier alpha value is -3.20. The van der Waals surface area contributed by atoms with Gasteiger partial charge in [0, 0.05) is 24.3 Å². The molecule has 0 spiro atoms. The van der Waals surface area contributed by atoms with Gasteiger partial charge in [-0.3, -0.25) is 9.59 Å². The predicted octanol–water partition coefficient (Wildman–Crippen LogP) is 2.74. The van der Waals surface area contributed by atoms with Crippen LogP contribution >= 0.6 is 0 Å². The van der Waals surface area contributed by atoms with Crippen molar-refractivity contribution in [3.05, 3.63) is 65.0 Å². The Balaban J connectivity index is 1.95. The molecule has 122 valence electrons. The van der Waals surface area contributed by atoms with E-state index in [0.717, 1.165) is 0 Å². The van der Waals surface area contributed by atoms with Crippen molar-refractivity contribution in [3.63, 3.8) is 0 Å². The molecule has 2 aromatic carbocycles. The summed E-state index contributed by atoms with van der Waals surface area (Å²) in [4.78, 5) is 23.5. The number of hydrogen-bond donors (Lipinski definition) is 2. The lowest BCUT2D eigenvalue weighted by Crippen LogP contribution is -2.29. The van der Waals surface area contributed by atoms with Gasteiger partial charge in [0.05, 0.1) is 17.2 Å². The minimum absolute atomic E-state index is 0.0200. The maximum atomic E-state index is 13.5. The Morgan fingerprint density at radius 2 is 1.88 bits per heavy atom. The van der Waals surface area contributed by atoms with Crippen molar-refractivity contribution in [3.8, 4) is 6.07 Å². The van der Waals surface area contributed by atoms with Crippen molar-refractivity contribution in [1.82, 2.24) is 5.32 Å². The highest BCUT2D eigenvalue weighted by atomic mass is 19.1. The van der Waals surface area contributed by atoms with Gasteiger partial charge >= 0.3 is 0 Å². The molecule has 0 saturated carbocycles. The first-order valence-corrected chi connectivity index (χ1v) is 7.34. The highest BCUT2D eigenvalue weighted by Crippen LogP contribution is 2.18. The summed E-state index contributed by atoms with van der Waals surface area (Å²) >= 11 is 0. The molecule has 0 aliphatic rings. The summed E-state index contributed by atoms with van der Waals surface area (Å²) in [5, 5.41) is 14.5. The molecule has 5 nitrogen and oxygen atoms in total. The fourth-order valence-corrected chi connectivity index (χ4v) is 2.18. The van der Waals surface area contributed by atoms with Crippen molar-refractivity contribution in [2.45, 2.75) is 6.92 Å². The van der Waals surface area contributed by atoms with Gasteiger partial charge in [-0.2, -0.15) is 5.26 Å². The van der Waals surface area contributed by atoms with Gasteiger partial charge in [0.2, 0.25) is 0 Å². The van der Waals surface area contributed by atoms with E-state index in [1.54, 1.807) is 24.3 Å². The minimum Gasteiger partial charge on any atom is -0.383 e. The quantitative estimate of drug-likeness (QED) is 0.632. The number of amides is 1. The molecule has 0 aliphatic heterocycles. The number of nitrogens with one attached hydrogen (secondary N) is 2. The Labute approximate surface area is 139 Å². The van der Waals surface area contributed by atoms with Crippen LogP contribution in [-0.4, -0.2) is 24.8 Å². The third kappa shape index (κ3) is 4.17. The van der Waals surface area contributed by atoms with Crippen LogP contribution in [0.4, 0.5) is 10.1 Å². The molecule has 24 heavy (non-hydrogen) atoms.